The van der Waals surface area contributed by atoms with Crippen molar-refractivity contribution in [2.24, 2.45) is 0 Å². The topological polar surface area (TPSA) is 87.6 Å². The van der Waals surface area contributed by atoms with E-state index in [1.807, 2.05) is 18.2 Å². The minimum absolute atomic E-state index is 0.172. The van der Waals surface area contributed by atoms with Crippen molar-refractivity contribution in [3.05, 3.63) is 55.9 Å². The highest BCUT2D eigenvalue weighted by molar-refractivity contribution is 7.80. The summed E-state index contributed by atoms with van der Waals surface area (Å²) in [5.74, 6) is -3.06. The van der Waals surface area contributed by atoms with Crippen LogP contribution in [0, 0.1) is 0 Å². The molecular formula is C14H16N2O4S. The third kappa shape index (κ3) is 6.53. The number of carboxylic acid groups (broad SMARTS) is 1. The molecule has 1 heterocycles. The first-order valence-corrected chi connectivity index (χ1v) is 6.43. The van der Waals surface area contributed by atoms with Crippen LogP contribution < -0.4 is 0 Å². The van der Waals surface area contributed by atoms with Crippen molar-refractivity contribution in [1.29, 1.82) is 0 Å². The summed E-state index contributed by atoms with van der Waals surface area (Å²) in [7, 11) is 0. The summed E-state index contributed by atoms with van der Waals surface area (Å²) in [5.41, 5.74) is 0. The normalized spacial score (nSPS) is 10.3. The monoisotopic (exact) mass is 308 g/mol. The van der Waals surface area contributed by atoms with E-state index in [0.717, 1.165) is 12.2 Å². The molecule has 112 valence electrons. The summed E-state index contributed by atoms with van der Waals surface area (Å²) in [5, 5.41) is 8.77. The maximum Gasteiger partial charge on any atom is 0.327 e. The molecule has 0 spiro atoms. The Labute approximate surface area is 128 Å². The predicted molar refractivity (Wildman–Crippen MR) is 81.8 cm³/mol. The van der Waals surface area contributed by atoms with Gasteiger partial charge in [-0.05, 0) is 24.3 Å². The molecule has 7 heteroatoms. The van der Waals surface area contributed by atoms with Gasteiger partial charge < -0.3 is 5.11 Å². The number of carbonyl (C=O) groups excluding carboxylic acids is 2. The average molecular weight is 308 g/mol. The number of carboxylic acids is 1. The lowest BCUT2D eigenvalue weighted by molar-refractivity contribution is -0.153. The highest BCUT2D eigenvalue weighted by Crippen LogP contribution is 2.05. The minimum Gasteiger partial charge on any atom is -0.480 e. The van der Waals surface area contributed by atoms with Crippen LogP contribution in [-0.4, -0.2) is 44.6 Å². The Morgan fingerprint density at radius 1 is 1.14 bits per heavy atom. The van der Waals surface area contributed by atoms with Crippen molar-refractivity contribution in [2.75, 3.05) is 5.75 Å². The molecule has 1 aromatic rings. The third-order valence-corrected chi connectivity index (χ3v) is 2.51. The second-order valence-corrected chi connectivity index (χ2v) is 3.88. The van der Waals surface area contributed by atoms with E-state index in [1.165, 1.54) is 0 Å². The molecule has 0 aliphatic carbocycles. The van der Waals surface area contributed by atoms with Crippen molar-refractivity contribution < 1.29 is 19.5 Å². The van der Waals surface area contributed by atoms with Crippen molar-refractivity contribution in [3.8, 4) is 0 Å². The van der Waals surface area contributed by atoms with E-state index in [9.17, 15) is 14.4 Å². The van der Waals surface area contributed by atoms with Crippen LogP contribution >= 0.6 is 12.6 Å². The fraction of sp³-hybridized carbons (Fsp3) is 0.143. The zero-order valence-electron chi connectivity index (χ0n) is 11.3. The number of imide groups is 1. The minimum atomic E-state index is -1.32. The van der Waals surface area contributed by atoms with Gasteiger partial charge in [-0.25, -0.2) is 4.79 Å². The van der Waals surface area contributed by atoms with Gasteiger partial charge in [-0.3, -0.25) is 19.5 Å². The molecule has 0 radical (unpaired) electrons. The van der Waals surface area contributed by atoms with E-state index in [2.05, 4.69) is 30.8 Å². The number of rotatable bonds is 5. The van der Waals surface area contributed by atoms with Gasteiger partial charge in [-0.15, -0.1) is 0 Å². The maximum atomic E-state index is 11.3. The van der Waals surface area contributed by atoms with E-state index in [4.69, 9.17) is 5.11 Å². The summed E-state index contributed by atoms with van der Waals surface area (Å²) in [6.07, 6.45) is 5.22. The summed E-state index contributed by atoms with van der Waals surface area (Å²) in [4.78, 5) is 37.6. The van der Waals surface area contributed by atoms with Crippen LogP contribution in [0.25, 0.3) is 0 Å². The molecule has 1 N–H and O–H groups in total. The molecule has 1 aromatic heterocycles. The van der Waals surface area contributed by atoms with E-state index in [-0.39, 0.29) is 5.75 Å². The Bertz CT molecular complexity index is 458. The van der Waals surface area contributed by atoms with Crippen LogP contribution in [0.15, 0.2) is 55.9 Å². The van der Waals surface area contributed by atoms with E-state index in [0.29, 0.717) is 4.90 Å². The molecule has 1 rings (SSSR count). The molecule has 0 aliphatic rings. The molecule has 0 saturated carbocycles. The molecule has 0 fully saturated rings. The van der Waals surface area contributed by atoms with Gasteiger partial charge in [-0.2, -0.15) is 12.6 Å². The van der Waals surface area contributed by atoms with Gasteiger partial charge in [-0.1, -0.05) is 19.2 Å². The lowest BCUT2D eigenvalue weighted by Gasteiger charge is -2.23. The summed E-state index contributed by atoms with van der Waals surface area (Å²) in [6.45, 7) is 6.36. The Balaban J connectivity index is 0.000000547. The van der Waals surface area contributed by atoms with Crippen molar-refractivity contribution in [2.45, 2.75) is 6.04 Å². The number of aliphatic carboxylic acids is 1. The Morgan fingerprint density at radius 2 is 1.62 bits per heavy atom. The molecule has 0 saturated heterocycles. The predicted octanol–water partition coefficient (Wildman–Crippen LogP) is 1.18. The summed E-state index contributed by atoms with van der Waals surface area (Å²) >= 11 is 3.77. The number of pyridine rings is 1. The van der Waals surface area contributed by atoms with E-state index in [1.54, 1.807) is 12.4 Å². The van der Waals surface area contributed by atoms with Crippen LogP contribution in [0.3, 0.4) is 0 Å². The third-order valence-electron chi connectivity index (χ3n) is 2.16. The lowest BCUT2D eigenvalue weighted by Crippen LogP contribution is -2.48. The van der Waals surface area contributed by atoms with Crippen molar-refractivity contribution >= 4 is 30.4 Å². The van der Waals surface area contributed by atoms with E-state index >= 15 is 0 Å². The molecule has 1 unspecified atom stereocenters. The van der Waals surface area contributed by atoms with Crippen molar-refractivity contribution in [3.63, 3.8) is 0 Å². The largest absolute Gasteiger partial charge is 0.480 e. The number of nitrogens with zero attached hydrogens (tertiary/aromatic N) is 2. The van der Waals surface area contributed by atoms with Crippen LogP contribution in [0.4, 0.5) is 0 Å². The Morgan fingerprint density at radius 3 is 1.81 bits per heavy atom. The number of thiol groups is 1. The van der Waals surface area contributed by atoms with Gasteiger partial charge in [0.25, 0.3) is 11.8 Å². The number of amides is 2. The first kappa shape index (κ1) is 18.6. The molecular weight excluding hydrogens is 292 g/mol. The maximum absolute atomic E-state index is 11.3. The van der Waals surface area contributed by atoms with Gasteiger partial charge in [0.15, 0.2) is 0 Å². The van der Waals surface area contributed by atoms with Gasteiger partial charge in [0.05, 0.1) is 0 Å². The Kier molecular flexibility index (Phi) is 9.19. The fourth-order valence-corrected chi connectivity index (χ4v) is 1.51. The smallest absolute Gasteiger partial charge is 0.327 e. The molecule has 2 amide bonds. The van der Waals surface area contributed by atoms with Crippen LogP contribution in [0.5, 0.6) is 0 Å². The van der Waals surface area contributed by atoms with Gasteiger partial charge in [0.1, 0.15) is 6.04 Å². The molecule has 0 bridgehead atoms. The second-order valence-electron chi connectivity index (χ2n) is 3.52. The summed E-state index contributed by atoms with van der Waals surface area (Å²) in [6, 6.07) is 4.40. The van der Waals surface area contributed by atoms with Gasteiger partial charge in [0.2, 0.25) is 0 Å². The summed E-state index contributed by atoms with van der Waals surface area (Å²) < 4.78 is 0. The van der Waals surface area contributed by atoms with Crippen LogP contribution in [0.1, 0.15) is 0 Å². The molecule has 1 atom stereocenters. The first-order chi connectivity index (χ1) is 9.99. The molecule has 21 heavy (non-hydrogen) atoms. The fourth-order valence-electron chi connectivity index (χ4n) is 1.20. The average Bonchev–Trinajstić information content (AvgIpc) is 2.52. The number of hydrogen-bond acceptors (Lipinski definition) is 5. The second kappa shape index (κ2) is 10.4. The zero-order chi connectivity index (χ0) is 16.3. The van der Waals surface area contributed by atoms with Gasteiger partial charge >= 0.3 is 5.97 Å². The zero-order valence-corrected chi connectivity index (χ0v) is 12.1. The number of hydrogen-bond donors (Lipinski definition) is 2. The number of aromatic nitrogens is 1. The standard InChI is InChI=1S/C9H11NO4S.C5H5N/c1-3-7(11)10(8(12)4-2)6(5-15)9(13)14;1-2-4-6-5-3-1/h3-4,6,15H,1-2,5H2,(H,13,14);1-5H. The Hall–Kier alpha value is -2.41. The van der Waals surface area contributed by atoms with Gasteiger partial charge in [0, 0.05) is 18.1 Å². The quantitative estimate of drug-likeness (QED) is 0.630. The molecule has 6 nitrogen and oxygen atoms in total. The molecule has 0 aliphatic heterocycles. The van der Waals surface area contributed by atoms with Crippen molar-refractivity contribution in [1.82, 2.24) is 9.88 Å². The van der Waals surface area contributed by atoms with Crippen LogP contribution in [0.2, 0.25) is 0 Å². The number of carbonyl (C=O) groups is 3. The lowest BCUT2D eigenvalue weighted by atomic mass is 10.2. The van der Waals surface area contributed by atoms with E-state index < -0.39 is 23.8 Å². The first-order valence-electron chi connectivity index (χ1n) is 5.80. The molecule has 0 aromatic carbocycles. The highest BCUT2D eigenvalue weighted by atomic mass is 32.1. The SMILES string of the molecule is C=CC(=O)N(C(=O)C=C)C(CS)C(=O)O.c1ccncc1. The van der Waals surface area contributed by atoms with Crippen LogP contribution in [-0.2, 0) is 14.4 Å². The highest BCUT2D eigenvalue weighted by Gasteiger charge is 2.30.